The summed E-state index contributed by atoms with van der Waals surface area (Å²) in [6.07, 6.45) is 1.29. The Morgan fingerprint density at radius 1 is 1.33 bits per heavy atom. The molecule has 0 bridgehead atoms. The standard InChI is InChI=1S/C15H23N3/c1-11(2)18-15(16-3)17-10-13-9-14(13)12-7-5-4-6-8-12/h4-8,11,13-14H,9-10H2,1-3H3,(H2,16,17,18). The van der Waals surface area contributed by atoms with Crippen molar-refractivity contribution in [1.82, 2.24) is 10.6 Å². The van der Waals surface area contributed by atoms with Gasteiger partial charge in [-0.3, -0.25) is 4.99 Å². The van der Waals surface area contributed by atoms with Crippen molar-refractivity contribution in [1.29, 1.82) is 0 Å². The molecule has 2 atom stereocenters. The van der Waals surface area contributed by atoms with Crippen LogP contribution in [0.3, 0.4) is 0 Å². The van der Waals surface area contributed by atoms with Crippen LogP contribution in [0.25, 0.3) is 0 Å². The van der Waals surface area contributed by atoms with E-state index in [4.69, 9.17) is 0 Å². The van der Waals surface area contributed by atoms with Crippen LogP contribution in [0, 0.1) is 5.92 Å². The highest BCUT2D eigenvalue weighted by molar-refractivity contribution is 5.79. The minimum absolute atomic E-state index is 0.417. The van der Waals surface area contributed by atoms with E-state index in [0.717, 1.165) is 24.3 Å². The number of hydrogen-bond acceptors (Lipinski definition) is 1. The zero-order chi connectivity index (χ0) is 13.0. The third kappa shape index (κ3) is 3.49. The number of rotatable bonds is 4. The smallest absolute Gasteiger partial charge is 0.191 e. The first-order chi connectivity index (χ1) is 8.70. The van der Waals surface area contributed by atoms with Gasteiger partial charge in [0, 0.05) is 19.6 Å². The van der Waals surface area contributed by atoms with E-state index in [1.807, 2.05) is 7.05 Å². The molecular formula is C15H23N3. The van der Waals surface area contributed by atoms with E-state index in [2.05, 4.69) is 59.8 Å². The molecule has 0 aliphatic heterocycles. The van der Waals surface area contributed by atoms with Crippen molar-refractivity contribution in [2.75, 3.05) is 13.6 Å². The van der Waals surface area contributed by atoms with Crippen LogP contribution in [0.4, 0.5) is 0 Å². The summed E-state index contributed by atoms with van der Waals surface area (Å²) >= 11 is 0. The second-order valence-electron chi connectivity index (χ2n) is 5.27. The van der Waals surface area contributed by atoms with E-state index in [1.165, 1.54) is 12.0 Å². The van der Waals surface area contributed by atoms with Crippen molar-refractivity contribution in [3.05, 3.63) is 35.9 Å². The third-order valence-electron chi connectivity index (χ3n) is 3.33. The van der Waals surface area contributed by atoms with Gasteiger partial charge >= 0.3 is 0 Å². The predicted molar refractivity (Wildman–Crippen MR) is 76.9 cm³/mol. The molecule has 2 N–H and O–H groups in total. The van der Waals surface area contributed by atoms with Gasteiger partial charge < -0.3 is 10.6 Å². The lowest BCUT2D eigenvalue weighted by Crippen LogP contribution is -2.41. The van der Waals surface area contributed by atoms with Crippen molar-refractivity contribution in [3.63, 3.8) is 0 Å². The Labute approximate surface area is 110 Å². The number of nitrogens with zero attached hydrogens (tertiary/aromatic N) is 1. The lowest BCUT2D eigenvalue weighted by molar-refractivity contribution is 0.675. The number of aliphatic imine (C=N–C) groups is 1. The zero-order valence-electron chi connectivity index (χ0n) is 11.5. The Kier molecular flexibility index (Phi) is 4.24. The minimum Gasteiger partial charge on any atom is -0.356 e. The highest BCUT2D eigenvalue weighted by Gasteiger charge is 2.37. The third-order valence-corrected chi connectivity index (χ3v) is 3.33. The fourth-order valence-electron chi connectivity index (χ4n) is 2.28. The Morgan fingerprint density at radius 3 is 2.67 bits per heavy atom. The molecule has 0 saturated heterocycles. The Morgan fingerprint density at radius 2 is 2.06 bits per heavy atom. The second-order valence-corrected chi connectivity index (χ2v) is 5.27. The highest BCUT2D eigenvalue weighted by atomic mass is 15.2. The topological polar surface area (TPSA) is 36.4 Å². The molecule has 18 heavy (non-hydrogen) atoms. The molecule has 1 aliphatic carbocycles. The SMILES string of the molecule is CN=C(NCC1CC1c1ccccc1)NC(C)C. The quantitative estimate of drug-likeness (QED) is 0.631. The monoisotopic (exact) mass is 245 g/mol. The van der Waals surface area contributed by atoms with Gasteiger partial charge in [-0.1, -0.05) is 30.3 Å². The lowest BCUT2D eigenvalue weighted by atomic mass is 10.1. The molecule has 1 aliphatic rings. The summed E-state index contributed by atoms with van der Waals surface area (Å²) in [5.41, 5.74) is 1.47. The van der Waals surface area contributed by atoms with Crippen LogP contribution in [0.2, 0.25) is 0 Å². The van der Waals surface area contributed by atoms with Crippen molar-refractivity contribution in [2.45, 2.75) is 32.2 Å². The maximum absolute atomic E-state index is 4.22. The summed E-state index contributed by atoms with van der Waals surface area (Å²) in [5.74, 6) is 2.39. The number of nitrogens with one attached hydrogen (secondary N) is 2. The Balaban J connectivity index is 1.77. The largest absolute Gasteiger partial charge is 0.356 e. The second kappa shape index (κ2) is 5.89. The van der Waals surface area contributed by atoms with Crippen LogP contribution < -0.4 is 10.6 Å². The van der Waals surface area contributed by atoms with Gasteiger partial charge in [-0.25, -0.2) is 0 Å². The van der Waals surface area contributed by atoms with E-state index in [1.54, 1.807) is 0 Å². The summed E-state index contributed by atoms with van der Waals surface area (Å²) in [6.45, 7) is 5.25. The Bertz CT molecular complexity index is 397. The summed E-state index contributed by atoms with van der Waals surface area (Å²) in [7, 11) is 1.82. The fourth-order valence-corrected chi connectivity index (χ4v) is 2.28. The maximum atomic E-state index is 4.22. The average molecular weight is 245 g/mol. The van der Waals surface area contributed by atoms with Gasteiger partial charge in [0.1, 0.15) is 0 Å². The maximum Gasteiger partial charge on any atom is 0.191 e. The molecule has 0 heterocycles. The molecule has 3 nitrogen and oxygen atoms in total. The molecule has 1 aromatic carbocycles. The Hall–Kier alpha value is -1.51. The van der Waals surface area contributed by atoms with Crippen LogP contribution in [-0.4, -0.2) is 25.6 Å². The normalized spacial score (nSPS) is 23.0. The number of hydrogen-bond donors (Lipinski definition) is 2. The van der Waals surface area contributed by atoms with Gasteiger partial charge in [-0.2, -0.15) is 0 Å². The van der Waals surface area contributed by atoms with Crippen LogP contribution in [0.5, 0.6) is 0 Å². The predicted octanol–water partition coefficient (Wildman–Crippen LogP) is 2.36. The van der Waals surface area contributed by atoms with Gasteiger partial charge in [0.05, 0.1) is 0 Å². The van der Waals surface area contributed by atoms with E-state index >= 15 is 0 Å². The first-order valence-electron chi connectivity index (χ1n) is 6.73. The van der Waals surface area contributed by atoms with Crippen LogP contribution in [-0.2, 0) is 0 Å². The van der Waals surface area contributed by atoms with E-state index in [9.17, 15) is 0 Å². The summed E-state index contributed by atoms with van der Waals surface area (Å²) in [6, 6.07) is 11.2. The molecule has 0 spiro atoms. The van der Waals surface area contributed by atoms with Gasteiger partial charge in [-0.05, 0) is 37.7 Å². The van der Waals surface area contributed by atoms with Crippen LogP contribution >= 0.6 is 0 Å². The van der Waals surface area contributed by atoms with Gasteiger partial charge in [0.2, 0.25) is 0 Å². The summed E-state index contributed by atoms with van der Waals surface area (Å²) in [4.78, 5) is 4.22. The van der Waals surface area contributed by atoms with Crippen molar-refractivity contribution >= 4 is 5.96 Å². The lowest BCUT2D eigenvalue weighted by Gasteiger charge is -2.14. The molecule has 1 aromatic rings. The molecule has 1 fully saturated rings. The molecule has 0 amide bonds. The molecule has 3 heteroatoms. The van der Waals surface area contributed by atoms with Crippen molar-refractivity contribution in [2.24, 2.45) is 10.9 Å². The van der Waals surface area contributed by atoms with Crippen LogP contribution in [0.1, 0.15) is 31.7 Å². The first kappa shape index (κ1) is 12.9. The van der Waals surface area contributed by atoms with Gasteiger partial charge in [0.25, 0.3) is 0 Å². The molecular weight excluding hydrogens is 222 g/mol. The number of benzene rings is 1. The van der Waals surface area contributed by atoms with Crippen LogP contribution in [0.15, 0.2) is 35.3 Å². The molecule has 0 aromatic heterocycles. The fraction of sp³-hybridized carbons (Fsp3) is 0.533. The number of guanidine groups is 1. The molecule has 0 radical (unpaired) electrons. The summed E-state index contributed by atoms with van der Waals surface area (Å²) in [5, 5.41) is 6.71. The molecule has 1 saturated carbocycles. The average Bonchev–Trinajstić information content (AvgIpc) is 3.14. The minimum atomic E-state index is 0.417. The first-order valence-corrected chi connectivity index (χ1v) is 6.73. The summed E-state index contributed by atoms with van der Waals surface area (Å²) < 4.78 is 0. The molecule has 2 rings (SSSR count). The van der Waals surface area contributed by atoms with Crippen molar-refractivity contribution < 1.29 is 0 Å². The van der Waals surface area contributed by atoms with Crippen molar-refractivity contribution in [3.8, 4) is 0 Å². The van der Waals surface area contributed by atoms with E-state index in [0.29, 0.717) is 6.04 Å². The van der Waals surface area contributed by atoms with Gasteiger partial charge in [0.15, 0.2) is 5.96 Å². The molecule has 2 unspecified atom stereocenters. The van der Waals surface area contributed by atoms with E-state index in [-0.39, 0.29) is 0 Å². The van der Waals surface area contributed by atoms with Gasteiger partial charge in [-0.15, -0.1) is 0 Å². The van der Waals surface area contributed by atoms with E-state index < -0.39 is 0 Å². The highest BCUT2D eigenvalue weighted by Crippen LogP contribution is 2.46. The molecule has 98 valence electrons. The zero-order valence-corrected chi connectivity index (χ0v) is 11.5.